The van der Waals surface area contributed by atoms with Gasteiger partial charge >= 0.3 is 6.09 Å². The highest BCUT2D eigenvalue weighted by molar-refractivity contribution is 7.85. The summed E-state index contributed by atoms with van der Waals surface area (Å²) >= 11 is 0. The topological polar surface area (TPSA) is 85.8 Å². The second-order valence-corrected chi connectivity index (χ2v) is 9.62. The Morgan fingerprint density at radius 1 is 1.32 bits per heavy atom. The highest BCUT2D eigenvalue weighted by Gasteiger charge is 2.28. The Morgan fingerprint density at radius 3 is 2.68 bits per heavy atom. The number of ether oxygens (including phenoxy) is 1. The van der Waals surface area contributed by atoms with E-state index in [1.807, 2.05) is 32.9 Å². The van der Waals surface area contributed by atoms with Crippen molar-refractivity contribution in [2.24, 2.45) is 0 Å². The van der Waals surface area contributed by atoms with Gasteiger partial charge < -0.3 is 4.74 Å². The first kappa shape index (κ1) is 22.5. The lowest BCUT2D eigenvalue weighted by Gasteiger charge is -2.31. The number of carbonyl (C=O) groups is 1. The van der Waals surface area contributed by atoms with E-state index in [9.17, 15) is 17.6 Å². The predicted octanol–water partition coefficient (Wildman–Crippen LogP) is 3.41. The van der Waals surface area contributed by atoms with Crippen LogP contribution < -0.4 is 4.90 Å². The third kappa shape index (κ3) is 7.35. The molecule has 1 atom stereocenters. The van der Waals surface area contributed by atoms with Crippen molar-refractivity contribution in [3.05, 3.63) is 23.4 Å². The van der Waals surface area contributed by atoms with Gasteiger partial charge in [-0.15, -0.1) is 0 Å². The fraction of sp³-hybridized carbons (Fsp3) is 0.684. The summed E-state index contributed by atoms with van der Waals surface area (Å²) in [5.74, 6) is 0.578. The summed E-state index contributed by atoms with van der Waals surface area (Å²) in [6, 6.07) is 3.77. The number of amides is 1. The Balaban J connectivity index is 1.99. The monoisotopic (exact) mass is 416 g/mol. The number of carbonyl (C=O) groups excluding carboxylic acids is 1. The number of fused-ring (bicyclic) bond motifs is 1. The minimum Gasteiger partial charge on any atom is -0.443 e. The van der Waals surface area contributed by atoms with Crippen LogP contribution in [0.1, 0.15) is 51.3 Å². The average Bonchev–Trinajstić information content (AvgIpc) is 2.56. The van der Waals surface area contributed by atoms with Crippen molar-refractivity contribution in [2.45, 2.75) is 64.6 Å². The molecule has 1 aromatic heterocycles. The summed E-state index contributed by atoms with van der Waals surface area (Å²) in [5, 5.41) is 0. The van der Waals surface area contributed by atoms with Crippen molar-refractivity contribution in [3.8, 4) is 0 Å². The molecular formula is C19H29FN2O5S. The molecule has 0 aliphatic carbocycles. The molecule has 1 aliphatic heterocycles. The Kier molecular flexibility index (Phi) is 7.39. The number of alkyl halides is 1. The van der Waals surface area contributed by atoms with Crippen LogP contribution >= 0.6 is 0 Å². The lowest BCUT2D eigenvalue weighted by Crippen LogP contribution is -2.40. The normalized spacial score (nSPS) is 15.8. The lowest BCUT2D eigenvalue weighted by molar-refractivity contribution is 0.0576. The molecule has 28 heavy (non-hydrogen) atoms. The van der Waals surface area contributed by atoms with Crippen LogP contribution in [0.5, 0.6) is 0 Å². The predicted molar refractivity (Wildman–Crippen MR) is 105 cm³/mol. The van der Waals surface area contributed by atoms with Crippen LogP contribution in [0.3, 0.4) is 0 Å². The van der Waals surface area contributed by atoms with Crippen LogP contribution in [-0.4, -0.2) is 50.7 Å². The van der Waals surface area contributed by atoms with Crippen molar-refractivity contribution in [1.82, 2.24) is 4.98 Å². The van der Waals surface area contributed by atoms with Gasteiger partial charge in [0.1, 0.15) is 17.6 Å². The van der Waals surface area contributed by atoms with E-state index in [1.54, 1.807) is 4.90 Å². The number of hydrogen-bond acceptors (Lipinski definition) is 6. The Labute approximate surface area is 166 Å². The third-order valence-electron chi connectivity index (χ3n) is 4.15. The van der Waals surface area contributed by atoms with E-state index >= 15 is 0 Å². The number of halogens is 1. The van der Waals surface area contributed by atoms with Crippen LogP contribution in [0, 0.1) is 0 Å². The quantitative estimate of drug-likeness (QED) is 0.633. The van der Waals surface area contributed by atoms with Gasteiger partial charge in [0.2, 0.25) is 0 Å². The first-order valence-corrected chi connectivity index (χ1v) is 11.2. The fourth-order valence-electron chi connectivity index (χ4n) is 2.89. The highest BCUT2D eigenvalue weighted by atomic mass is 32.2. The summed E-state index contributed by atoms with van der Waals surface area (Å²) < 4.78 is 45.8. The Hall–Kier alpha value is -1.74. The zero-order valence-electron chi connectivity index (χ0n) is 16.9. The Morgan fingerprint density at radius 2 is 2.04 bits per heavy atom. The number of rotatable bonds is 7. The van der Waals surface area contributed by atoms with E-state index in [0.29, 0.717) is 24.5 Å². The maximum Gasteiger partial charge on any atom is 0.416 e. The third-order valence-corrected chi connectivity index (χ3v) is 4.75. The smallest absolute Gasteiger partial charge is 0.416 e. The second kappa shape index (κ2) is 9.17. The number of nitrogens with zero attached hydrogens (tertiary/aromatic N) is 2. The van der Waals surface area contributed by atoms with E-state index in [0.717, 1.165) is 24.7 Å². The molecule has 7 nitrogen and oxygen atoms in total. The van der Waals surface area contributed by atoms with E-state index in [2.05, 4.69) is 9.17 Å². The maximum atomic E-state index is 14.0. The maximum absolute atomic E-state index is 14.0. The fourth-order valence-corrected chi connectivity index (χ4v) is 3.29. The molecule has 0 N–H and O–H groups in total. The van der Waals surface area contributed by atoms with Gasteiger partial charge in [-0.1, -0.05) is 6.07 Å². The molecule has 0 saturated heterocycles. The van der Waals surface area contributed by atoms with Crippen molar-refractivity contribution >= 4 is 22.0 Å². The molecule has 0 saturated carbocycles. The van der Waals surface area contributed by atoms with Gasteiger partial charge in [-0.05, 0) is 58.1 Å². The second-order valence-electron chi connectivity index (χ2n) is 7.97. The Bertz CT molecular complexity index is 792. The minimum atomic E-state index is -3.55. The van der Waals surface area contributed by atoms with Gasteiger partial charge in [-0.25, -0.2) is 14.2 Å². The first-order chi connectivity index (χ1) is 12.9. The zero-order chi connectivity index (χ0) is 20.9. The summed E-state index contributed by atoms with van der Waals surface area (Å²) in [6.45, 7) is 5.80. The molecule has 158 valence electrons. The van der Waals surface area contributed by atoms with Gasteiger partial charge in [0.15, 0.2) is 0 Å². The van der Waals surface area contributed by atoms with Crippen LogP contribution in [0.25, 0.3) is 0 Å². The van der Waals surface area contributed by atoms with Crippen LogP contribution in [0.15, 0.2) is 12.1 Å². The molecule has 2 rings (SSSR count). The van der Waals surface area contributed by atoms with Gasteiger partial charge in [0.05, 0.1) is 12.9 Å². The highest BCUT2D eigenvalue weighted by Crippen LogP contribution is 2.27. The summed E-state index contributed by atoms with van der Waals surface area (Å²) in [7, 11) is -3.55. The van der Waals surface area contributed by atoms with Gasteiger partial charge in [-0.2, -0.15) is 8.42 Å². The van der Waals surface area contributed by atoms with E-state index < -0.39 is 28.0 Å². The van der Waals surface area contributed by atoms with Crippen molar-refractivity contribution in [1.29, 1.82) is 0 Å². The van der Waals surface area contributed by atoms with Gasteiger partial charge in [0.25, 0.3) is 10.1 Å². The van der Waals surface area contributed by atoms with Crippen molar-refractivity contribution in [3.63, 3.8) is 0 Å². The number of hydrogen-bond donors (Lipinski definition) is 0. The first-order valence-electron chi connectivity index (χ1n) is 9.42. The van der Waals surface area contributed by atoms with Crippen LogP contribution in [0.2, 0.25) is 0 Å². The number of aryl methyl sites for hydroxylation is 2. The SMILES string of the molecule is CC(C)(C)OC(=O)N1CCCc2ccc(CCC(F)CCOS(C)(=O)=O)nc21. The zero-order valence-corrected chi connectivity index (χ0v) is 17.7. The molecule has 0 radical (unpaired) electrons. The molecule has 9 heteroatoms. The molecule has 0 bridgehead atoms. The largest absolute Gasteiger partial charge is 0.443 e. The minimum absolute atomic E-state index is 0.00203. The summed E-state index contributed by atoms with van der Waals surface area (Å²) in [5.41, 5.74) is 1.06. The number of pyridine rings is 1. The molecule has 0 fully saturated rings. The van der Waals surface area contributed by atoms with Crippen LogP contribution in [-0.2, 0) is 31.9 Å². The van der Waals surface area contributed by atoms with Crippen molar-refractivity contribution in [2.75, 3.05) is 24.3 Å². The standard InChI is InChI=1S/C19H29FN2O5S/c1-19(2,3)27-18(23)22-12-5-6-14-7-9-16(21-17(14)22)10-8-15(20)11-13-26-28(4,24)25/h7,9,15H,5-6,8,10-13H2,1-4H3. The molecule has 2 heterocycles. The van der Waals surface area contributed by atoms with E-state index in [4.69, 9.17) is 4.74 Å². The van der Waals surface area contributed by atoms with Gasteiger partial charge in [0, 0.05) is 18.7 Å². The van der Waals surface area contributed by atoms with Crippen LogP contribution in [0.4, 0.5) is 15.0 Å². The molecule has 0 spiro atoms. The lowest BCUT2D eigenvalue weighted by atomic mass is 10.0. The van der Waals surface area contributed by atoms with E-state index in [1.165, 1.54) is 0 Å². The summed E-state index contributed by atoms with van der Waals surface area (Å²) in [6.07, 6.45) is 1.56. The van der Waals surface area contributed by atoms with Gasteiger partial charge in [-0.3, -0.25) is 9.08 Å². The molecule has 1 aliphatic rings. The molecule has 1 amide bonds. The van der Waals surface area contributed by atoms with E-state index in [-0.39, 0.29) is 19.4 Å². The molecular weight excluding hydrogens is 387 g/mol. The molecule has 1 aromatic rings. The van der Waals surface area contributed by atoms with Crippen molar-refractivity contribution < 1.29 is 26.5 Å². The number of anilines is 1. The molecule has 0 aromatic carbocycles. The number of aromatic nitrogens is 1. The average molecular weight is 417 g/mol. The molecule has 1 unspecified atom stereocenters. The summed E-state index contributed by atoms with van der Waals surface area (Å²) in [4.78, 5) is 18.6.